The second-order valence-electron chi connectivity index (χ2n) is 9.30. The minimum atomic E-state index is -1.88. The van der Waals surface area contributed by atoms with Gasteiger partial charge < -0.3 is 39.5 Å². The van der Waals surface area contributed by atoms with E-state index in [1.54, 1.807) is 12.1 Å². The molecule has 34 heavy (non-hydrogen) atoms. The van der Waals surface area contributed by atoms with Crippen LogP contribution in [0, 0.1) is 0 Å². The van der Waals surface area contributed by atoms with Crippen molar-refractivity contribution in [2.24, 2.45) is 0 Å². The lowest BCUT2D eigenvalue weighted by atomic mass is 9.50. The molecule has 182 valence electrons. The van der Waals surface area contributed by atoms with Crippen LogP contribution in [0.5, 0.6) is 11.5 Å². The number of phenols is 1. The third kappa shape index (κ3) is 3.04. The molecule has 0 unspecified atom stereocenters. The van der Waals surface area contributed by atoms with Crippen LogP contribution < -0.4 is 4.74 Å². The zero-order valence-corrected chi connectivity index (χ0v) is 18.4. The van der Waals surface area contributed by atoms with Crippen LogP contribution in [0.15, 0.2) is 24.0 Å². The molecule has 0 radical (unpaired) electrons. The molecule has 1 fully saturated rings. The minimum absolute atomic E-state index is 0.0749. The lowest BCUT2D eigenvalue weighted by Gasteiger charge is -2.61. The van der Waals surface area contributed by atoms with Crippen LogP contribution in [0.2, 0.25) is 0 Å². The largest absolute Gasteiger partial charge is 0.504 e. The maximum atomic E-state index is 12.6. The van der Waals surface area contributed by atoms with Crippen LogP contribution >= 0.6 is 0 Å². The van der Waals surface area contributed by atoms with Gasteiger partial charge in [-0.25, -0.2) is 9.59 Å². The van der Waals surface area contributed by atoms with Gasteiger partial charge in [-0.2, -0.15) is 0 Å². The second kappa shape index (κ2) is 7.69. The number of benzene rings is 1. The van der Waals surface area contributed by atoms with Gasteiger partial charge in [0.05, 0.1) is 17.4 Å². The van der Waals surface area contributed by atoms with Gasteiger partial charge >= 0.3 is 17.9 Å². The third-order valence-electron chi connectivity index (χ3n) is 7.56. The first kappa shape index (κ1) is 22.6. The molecule has 4 N–H and O–H groups in total. The van der Waals surface area contributed by atoms with E-state index in [9.17, 15) is 29.7 Å². The summed E-state index contributed by atoms with van der Waals surface area (Å²) < 4.78 is 16.0. The first-order valence-electron chi connectivity index (χ1n) is 11.0. The molecule has 5 atom stereocenters. The Morgan fingerprint density at radius 3 is 2.82 bits per heavy atom. The highest BCUT2D eigenvalue weighted by Gasteiger charge is 2.72. The van der Waals surface area contributed by atoms with Gasteiger partial charge in [0.2, 0.25) is 0 Å². The number of hydrogen-bond donors (Lipinski definition) is 4. The predicted molar refractivity (Wildman–Crippen MR) is 112 cm³/mol. The van der Waals surface area contributed by atoms with E-state index < -0.39 is 54.2 Å². The number of piperidine rings is 1. The normalized spacial score (nSPS) is 31.6. The molecular formula is C23H25NO10. The maximum absolute atomic E-state index is 12.6. The van der Waals surface area contributed by atoms with Crippen molar-refractivity contribution in [2.75, 3.05) is 20.2 Å². The van der Waals surface area contributed by atoms with Gasteiger partial charge in [0.15, 0.2) is 30.3 Å². The van der Waals surface area contributed by atoms with Crippen molar-refractivity contribution in [1.29, 1.82) is 0 Å². The van der Waals surface area contributed by atoms with Crippen LogP contribution in [0.25, 0.3) is 0 Å². The summed E-state index contributed by atoms with van der Waals surface area (Å²) in [4.78, 5) is 36.8. The zero-order valence-electron chi connectivity index (χ0n) is 18.4. The molecular weight excluding hydrogens is 450 g/mol. The van der Waals surface area contributed by atoms with Crippen molar-refractivity contribution < 1.29 is 49.0 Å². The highest BCUT2D eigenvalue weighted by molar-refractivity contribution is 5.83. The summed E-state index contributed by atoms with van der Waals surface area (Å²) in [6, 6.07) is 3.16. The van der Waals surface area contributed by atoms with Gasteiger partial charge in [0, 0.05) is 18.0 Å². The Balaban J connectivity index is 1.44. The lowest BCUT2D eigenvalue weighted by molar-refractivity contribution is -0.173. The summed E-state index contributed by atoms with van der Waals surface area (Å²) >= 11 is 0. The van der Waals surface area contributed by atoms with Crippen molar-refractivity contribution in [3.8, 4) is 11.5 Å². The number of carboxylic acid groups (broad SMARTS) is 1. The number of aliphatic hydroxyl groups excluding tert-OH is 1. The lowest BCUT2D eigenvalue weighted by Crippen LogP contribution is -2.74. The smallest absolute Gasteiger partial charge is 0.341 e. The fourth-order valence-corrected chi connectivity index (χ4v) is 6.06. The Bertz CT molecular complexity index is 1120. The summed E-state index contributed by atoms with van der Waals surface area (Å²) in [6.45, 7) is -0.233. The Hall–Kier alpha value is -3.15. The van der Waals surface area contributed by atoms with Crippen LogP contribution in [0.3, 0.4) is 0 Å². The molecule has 1 spiro atoms. The van der Waals surface area contributed by atoms with Crippen molar-refractivity contribution in [1.82, 2.24) is 4.90 Å². The van der Waals surface area contributed by atoms with Gasteiger partial charge in [0.1, 0.15) is 5.76 Å². The zero-order chi connectivity index (χ0) is 24.4. The predicted octanol–water partition coefficient (Wildman–Crippen LogP) is -0.408. The SMILES string of the molecule is CN1CC[C@]23c4c5ccc(O)c4O[C@H]2C(OC(=O)[C@@H](O)CC(=O)OCC(=O)O)=CC[C@@]3(O)[C@H]1C5. The summed E-state index contributed by atoms with van der Waals surface area (Å²) in [7, 11) is 1.95. The molecule has 11 heteroatoms. The fourth-order valence-electron chi connectivity index (χ4n) is 6.06. The van der Waals surface area contributed by atoms with Crippen molar-refractivity contribution >= 4 is 17.9 Å². The summed E-state index contributed by atoms with van der Waals surface area (Å²) in [6.07, 6.45) is -0.800. The van der Waals surface area contributed by atoms with E-state index in [0.29, 0.717) is 19.4 Å². The number of carbonyl (C=O) groups is 3. The number of ether oxygens (including phenoxy) is 3. The summed E-state index contributed by atoms with van der Waals surface area (Å²) in [5.74, 6) is -3.31. The molecule has 2 aliphatic heterocycles. The number of esters is 2. The first-order valence-corrected chi connectivity index (χ1v) is 11.0. The molecule has 11 nitrogen and oxygen atoms in total. The average molecular weight is 475 g/mol. The molecule has 0 amide bonds. The van der Waals surface area contributed by atoms with E-state index in [4.69, 9.17) is 14.6 Å². The van der Waals surface area contributed by atoms with Crippen LogP contribution in [-0.2, 0) is 35.7 Å². The second-order valence-corrected chi connectivity index (χ2v) is 9.30. The van der Waals surface area contributed by atoms with Crippen LogP contribution in [0.1, 0.15) is 30.4 Å². The molecule has 4 aliphatic rings. The number of rotatable bonds is 6. The average Bonchev–Trinajstić information content (AvgIpc) is 3.14. The van der Waals surface area contributed by atoms with E-state index in [0.717, 1.165) is 11.1 Å². The molecule has 5 rings (SSSR count). The number of hydrogen-bond acceptors (Lipinski definition) is 10. The Morgan fingerprint density at radius 2 is 2.09 bits per heavy atom. The van der Waals surface area contributed by atoms with Crippen LogP contribution in [-0.4, -0.2) is 87.3 Å². The Kier molecular flexibility index (Phi) is 5.12. The van der Waals surface area contributed by atoms with Gasteiger partial charge in [-0.1, -0.05) is 6.07 Å². The van der Waals surface area contributed by atoms with Gasteiger partial charge in [0.25, 0.3) is 0 Å². The number of aliphatic carboxylic acids is 1. The highest BCUT2D eigenvalue weighted by atomic mass is 16.6. The molecule has 1 aromatic carbocycles. The number of aliphatic hydroxyl groups is 2. The maximum Gasteiger partial charge on any atom is 0.341 e. The summed E-state index contributed by atoms with van der Waals surface area (Å²) in [5, 5.41) is 41.2. The number of likely N-dealkylation sites (N-methyl/N-ethyl adjacent to an activating group) is 1. The number of carbonyl (C=O) groups excluding carboxylic acids is 2. The minimum Gasteiger partial charge on any atom is -0.504 e. The molecule has 1 saturated heterocycles. The number of likely N-dealkylation sites (tertiary alicyclic amines) is 1. The van der Waals surface area contributed by atoms with Crippen molar-refractivity contribution in [3.63, 3.8) is 0 Å². The van der Waals surface area contributed by atoms with E-state index >= 15 is 0 Å². The van der Waals surface area contributed by atoms with Crippen LogP contribution in [0.4, 0.5) is 0 Å². The Morgan fingerprint density at radius 1 is 1.32 bits per heavy atom. The van der Waals surface area contributed by atoms with E-state index in [1.165, 1.54) is 0 Å². The molecule has 2 heterocycles. The third-order valence-corrected chi connectivity index (χ3v) is 7.56. The van der Waals surface area contributed by atoms with Gasteiger partial charge in [-0.3, -0.25) is 4.79 Å². The fraction of sp³-hybridized carbons (Fsp3) is 0.522. The number of nitrogens with zero attached hydrogens (tertiary/aromatic N) is 1. The molecule has 1 aromatic rings. The number of phenolic OH excluding ortho intramolecular Hbond substituents is 1. The number of aromatic hydroxyl groups is 1. The van der Waals surface area contributed by atoms with Crippen molar-refractivity contribution in [3.05, 3.63) is 35.1 Å². The first-order chi connectivity index (χ1) is 16.1. The van der Waals surface area contributed by atoms with Gasteiger partial charge in [-0.05, 0) is 44.1 Å². The van der Waals surface area contributed by atoms with E-state index in [1.807, 2.05) is 13.1 Å². The molecule has 2 aliphatic carbocycles. The highest BCUT2D eigenvalue weighted by Crippen LogP contribution is 2.65. The standard InChI is InChI=1S/C23H25NO10/c1-24-7-6-22-18-11-2-3-12(25)19(18)34-20(22)14(4-5-23(22,31)15(24)8-11)33-21(30)13(26)9-17(29)32-10-16(27)28/h2-4,13,15,20,25-26,31H,5-10H2,1H3,(H,27,28)/t13-,15+,20-,22-,23+/m0/s1. The van der Waals surface area contributed by atoms with E-state index in [-0.39, 0.29) is 29.7 Å². The van der Waals surface area contributed by atoms with Crippen molar-refractivity contribution in [2.45, 2.75) is 54.9 Å². The molecule has 2 bridgehead atoms. The molecule has 0 aromatic heterocycles. The summed E-state index contributed by atoms with van der Waals surface area (Å²) in [5.41, 5.74) is -0.512. The van der Waals surface area contributed by atoms with Gasteiger partial charge in [-0.15, -0.1) is 0 Å². The Labute approximate surface area is 194 Å². The quantitative estimate of drug-likeness (QED) is 0.396. The van der Waals surface area contributed by atoms with E-state index in [2.05, 4.69) is 9.64 Å². The number of carboxylic acids is 1. The topological polar surface area (TPSA) is 163 Å². The molecule has 0 saturated carbocycles. The monoisotopic (exact) mass is 475 g/mol.